The second-order valence-corrected chi connectivity index (χ2v) is 6.75. The van der Waals surface area contributed by atoms with Crippen molar-refractivity contribution in [1.29, 1.82) is 0 Å². The van der Waals surface area contributed by atoms with Crippen LogP contribution in [0.4, 0.5) is 0 Å². The standard InChI is InChI=1S/C16H16N2O5S/c1-8-2-4-9(5-3-8)13(20)17-11-14(21)18-12(16(22)23)10(6-19)7-24-15(11)18/h2-5,11,15,19H,6-7H2,1H3,(H,17,20)(H,22,23)/t11-,15-/m0/s1. The largest absolute Gasteiger partial charge is 0.477 e. The van der Waals surface area contributed by atoms with Gasteiger partial charge in [-0.1, -0.05) is 17.7 Å². The van der Waals surface area contributed by atoms with Crippen molar-refractivity contribution in [1.82, 2.24) is 10.2 Å². The first kappa shape index (κ1) is 16.5. The predicted molar refractivity (Wildman–Crippen MR) is 87.3 cm³/mol. The fourth-order valence-corrected chi connectivity index (χ4v) is 4.07. The van der Waals surface area contributed by atoms with Crippen molar-refractivity contribution in [3.8, 4) is 0 Å². The Morgan fingerprint density at radius 3 is 2.58 bits per heavy atom. The highest BCUT2D eigenvalue weighted by molar-refractivity contribution is 8.00. The van der Waals surface area contributed by atoms with Crippen molar-refractivity contribution in [3.05, 3.63) is 46.7 Å². The summed E-state index contributed by atoms with van der Waals surface area (Å²) in [4.78, 5) is 37.1. The molecule has 0 spiro atoms. The molecular weight excluding hydrogens is 332 g/mol. The van der Waals surface area contributed by atoms with Gasteiger partial charge in [0.05, 0.1) is 6.61 Å². The lowest BCUT2D eigenvalue weighted by Crippen LogP contribution is -2.70. The smallest absolute Gasteiger partial charge is 0.352 e. The Kier molecular flexibility index (Phi) is 4.33. The molecule has 0 aliphatic carbocycles. The SMILES string of the molecule is Cc1ccc(C(=O)N[C@H]2C(=O)N3C(C(=O)O)=C(CO)CS[C@@H]23)cc1. The van der Waals surface area contributed by atoms with E-state index >= 15 is 0 Å². The molecule has 2 atom stereocenters. The minimum absolute atomic E-state index is 0.174. The van der Waals surface area contributed by atoms with Gasteiger partial charge in [-0.2, -0.15) is 0 Å². The van der Waals surface area contributed by atoms with Gasteiger partial charge in [-0.05, 0) is 24.6 Å². The molecule has 3 rings (SSSR count). The van der Waals surface area contributed by atoms with Crippen LogP contribution in [0.15, 0.2) is 35.5 Å². The number of hydrogen-bond acceptors (Lipinski definition) is 5. The van der Waals surface area contributed by atoms with Crippen molar-refractivity contribution in [2.45, 2.75) is 18.3 Å². The summed E-state index contributed by atoms with van der Waals surface area (Å²) < 4.78 is 0. The van der Waals surface area contributed by atoms with Crippen LogP contribution in [-0.4, -0.2) is 56.7 Å². The number of β-lactam (4-membered cyclic amide) rings is 1. The van der Waals surface area contributed by atoms with Gasteiger partial charge in [0.1, 0.15) is 17.1 Å². The number of rotatable bonds is 4. The Morgan fingerprint density at radius 2 is 2.00 bits per heavy atom. The average Bonchev–Trinajstić information content (AvgIpc) is 2.58. The summed E-state index contributed by atoms with van der Waals surface area (Å²) in [5, 5.41) is 20.8. The van der Waals surface area contributed by atoms with Crippen LogP contribution in [0.3, 0.4) is 0 Å². The second kappa shape index (κ2) is 6.29. The highest BCUT2D eigenvalue weighted by Crippen LogP contribution is 2.40. The molecule has 2 amide bonds. The molecule has 2 heterocycles. The molecule has 8 heteroatoms. The van der Waals surface area contributed by atoms with Crippen LogP contribution >= 0.6 is 11.8 Å². The summed E-state index contributed by atoms with van der Waals surface area (Å²) in [7, 11) is 0. The van der Waals surface area contributed by atoms with Crippen LogP contribution in [0.25, 0.3) is 0 Å². The van der Waals surface area contributed by atoms with Crippen molar-refractivity contribution in [2.75, 3.05) is 12.4 Å². The van der Waals surface area contributed by atoms with E-state index in [-0.39, 0.29) is 11.6 Å². The predicted octanol–water partition coefficient (Wildman–Crippen LogP) is 0.340. The number of benzene rings is 1. The minimum Gasteiger partial charge on any atom is -0.477 e. The van der Waals surface area contributed by atoms with E-state index in [1.54, 1.807) is 24.3 Å². The molecule has 1 aromatic rings. The molecule has 24 heavy (non-hydrogen) atoms. The summed E-state index contributed by atoms with van der Waals surface area (Å²) in [5.74, 6) is -1.79. The van der Waals surface area contributed by atoms with Gasteiger partial charge in [0, 0.05) is 11.3 Å². The van der Waals surface area contributed by atoms with Crippen LogP contribution in [-0.2, 0) is 9.59 Å². The van der Waals surface area contributed by atoms with E-state index in [0.29, 0.717) is 16.9 Å². The van der Waals surface area contributed by atoms with Crippen molar-refractivity contribution in [2.24, 2.45) is 0 Å². The number of carboxylic acid groups (broad SMARTS) is 1. The van der Waals surface area contributed by atoms with E-state index in [4.69, 9.17) is 0 Å². The number of carbonyl (C=O) groups excluding carboxylic acids is 2. The van der Waals surface area contributed by atoms with Gasteiger partial charge in [-0.25, -0.2) is 4.79 Å². The van der Waals surface area contributed by atoms with E-state index in [1.807, 2.05) is 6.92 Å². The number of aliphatic hydroxyl groups is 1. The minimum atomic E-state index is -1.25. The second-order valence-electron chi connectivity index (χ2n) is 5.64. The molecule has 1 aromatic carbocycles. The fourth-order valence-electron chi connectivity index (χ4n) is 2.73. The van der Waals surface area contributed by atoms with Gasteiger partial charge in [0.15, 0.2) is 0 Å². The topological polar surface area (TPSA) is 107 Å². The number of hydrogen-bond donors (Lipinski definition) is 3. The van der Waals surface area contributed by atoms with Crippen LogP contribution in [0.5, 0.6) is 0 Å². The number of amides is 2. The number of nitrogens with zero attached hydrogens (tertiary/aromatic N) is 1. The van der Waals surface area contributed by atoms with E-state index < -0.39 is 29.9 Å². The molecule has 3 N–H and O–H groups in total. The van der Waals surface area contributed by atoms with Crippen LogP contribution in [0, 0.1) is 6.92 Å². The number of aliphatic hydroxyl groups excluding tert-OH is 1. The number of aliphatic carboxylic acids is 1. The van der Waals surface area contributed by atoms with Crippen LogP contribution in [0.1, 0.15) is 15.9 Å². The third kappa shape index (κ3) is 2.67. The first-order valence-electron chi connectivity index (χ1n) is 7.32. The Labute approximate surface area is 142 Å². The monoisotopic (exact) mass is 348 g/mol. The summed E-state index contributed by atoms with van der Waals surface area (Å²) in [6.45, 7) is 1.50. The maximum Gasteiger partial charge on any atom is 0.352 e. The molecule has 2 aliphatic heterocycles. The highest BCUT2D eigenvalue weighted by Gasteiger charge is 2.54. The van der Waals surface area contributed by atoms with Gasteiger partial charge in [0.2, 0.25) is 0 Å². The molecule has 0 saturated carbocycles. The Bertz CT molecular complexity index is 743. The molecule has 126 valence electrons. The van der Waals surface area contributed by atoms with E-state index in [9.17, 15) is 24.6 Å². The molecule has 1 saturated heterocycles. The highest BCUT2D eigenvalue weighted by atomic mass is 32.2. The molecule has 0 bridgehead atoms. The Morgan fingerprint density at radius 1 is 1.33 bits per heavy atom. The summed E-state index contributed by atoms with van der Waals surface area (Å²) in [6.07, 6.45) is 0. The van der Waals surface area contributed by atoms with E-state index in [2.05, 4.69) is 5.32 Å². The third-order valence-corrected chi connectivity index (χ3v) is 5.38. The normalized spacial score (nSPS) is 22.8. The zero-order chi connectivity index (χ0) is 17.4. The van der Waals surface area contributed by atoms with Gasteiger partial charge < -0.3 is 15.5 Å². The maximum absolute atomic E-state index is 12.3. The Hall–Kier alpha value is -2.32. The molecular formula is C16H16N2O5S. The van der Waals surface area contributed by atoms with Crippen molar-refractivity contribution >= 4 is 29.5 Å². The third-order valence-electron chi connectivity index (χ3n) is 4.04. The van der Waals surface area contributed by atoms with Gasteiger partial charge in [-0.3, -0.25) is 14.5 Å². The van der Waals surface area contributed by atoms with Crippen molar-refractivity contribution in [3.63, 3.8) is 0 Å². The molecule has 2 aliphatic rings. The summed E-state index contributed by atoms with van der Waals surface area (Å²) in [5.41, 5.74) is 1.60. The fraction of sp³-hybridized carbons (Fsp3) is 0.312. The van der Waals surface area contributed by atoms with Gasteiger partial charge in [0.25, 0.3) is 11.8 Å². The van der Waals surface area contributed by atoms with Gasteiger partial charge >= 0.3 is 5.97 Å². The first-order valence-corrected chi connectivity index (χ1v) is 8.37. The lowest BCUT2D eigenvalue weighted by Gasteiger charge is -2.49. The molecule has 0 unspecified atom stereocenters. The van der Waals surface area contributed by atoms with Crippen LogP contribution < -0.4 is 5.32 Å². The lowest BCUT2D eigenvalue weighted by molar-refractivity contribution is -0.148. The number of carboxylic acids is 1. The van der Waals surface area contributed by atoms with Crippen LogP contribution in [0.2, 0.25) is 0 Å². The van der Waals surface area contributed by atoms with Crippen molar-refractivity contribution < 1.29 is 24.6 Å². The number of fused-ring (bicyclic) bond motifs is 1. The summed E-state index contributed by atoms with van der Waals surface area (Å²) in [6, 6.07) is 6.19. The van der Waals surface area contributed by atoms with Gasteiger partial charge in [-0.15, -0.1) is 11.8 Å². The first-order chi connectivity index (χ1) is 11.4. The zero-order valence-corrected chi connectivity index (χ0v) is 13.7. The lowest BCUT2D eigenvalue weighted by atomic mass is 10.0. The number of carbonyl (C=O) groups is 3. The number of thioether (sulfide) groups is 1. The van der Waals surface area contributed by atoms with E-state index in [1.165, 1.54) is 11.8 Å². The maximum atomic E-state index is 12.3. The average molecular weight is 348 g/mol. The quantitative estimate of drug-likeness (QED) is 0.678. The molecule has 0 radical (unpaired) electrons. The summed E-state index contributed by atoms with van der Waals surface area (Å²) >= 11 is 1.33. The Balaban J connectivity index is 1.76. The molecule has 0 aromatic heterocycles. The van der Waals surface area contributed by atoms with E-state index in [0.717, 1.165) is 10.5 Å². The molecule has 1 fully saturated rings. The number of aryl methyl sites for hydroxylation is 1. The molecule has 7 nitrogen and oxygen atoms in total. The number of nitrogens with one attached hydrogen (secondary N) is 1. The zero-order valence-electron chi connectivity index (χ0n) is 12.9.